The van der Waals surface area contributed by atoms with Crippen LogP contribution in [0.15, 0.2) is 24.3 Å². The Labute approximate surface area is 120 Å². The summed E-state index contributed by atoms with van der Waals surface area (Å²) in [6.45, 7) is 5.46. The zero-order valence-corrected chi connectivity index (χ0v) is 12.4. The fraction of sp³-hybridized carbons (Fsp3) is 0.562. The zero-order chi connectivity index (χ0) is 14.8. The second-order valence-electron chi connectivity index (χ2n) is 5.94. The third-order valence-electron chi connectivity index (χ3n) is 4.18. The van der Waals surface area contributed by atoms with Crippen LogP contribution in [0.1, 0.15) is 25.8 Å². The molecule has 1 N–H and O–H groups in total. The maximum atomic E-state index is 12.7. The third kappa shape index (κ3) is 2.80. The summed E-state index contributed by atoms with van der Waals surface area (Å²) in [5.74, 6) is 1.14. The van der Waals surface area contributed by atoms with Gasteiger partial charge in [0.2, 0.25) is 5.91 Å². The van der Waals surface area contributed by atoms with Crippen LogP contribution in [0.5, 0.6) is 5.75 Å². The SMILES string of the molecule is COc1ccc(C(C)(C)C(=O)N2CCC(CO)C2)cc1. The molecule has 0 bridgehead atoms. The lowest BCUT2D eigenvalue weighted by Gasteiger charge is -2.30. The Morgan fingerprint density at radius 1 is 1.40 bits per heavy atom. The first-order valence-corrected chi connectivity index (χ1v) is 7.03. The molecule has 1 aliphatic rings. The van der Waals surface area contributed by atoms with Crippen LogP contribution in [-0.2, 0) is 10.2 Å². The van der Waals surface area contributed by atoms with Gasteiger partial charge in [-0.2, -0.15) is 0 Å². The van der Waals surface area contributed by atoms with E-state index in [4.69, 9.17) is 4.74 Å². The van der Waals surface area contributed by atoms with Gasteiger partial charge in [-0.05, 0) is 38.0 Å². The predicted octanol–water partition coefficient (Wildman–Crippen LogP) is 1.81. The van der Waals surface area contributed by atoms with Gasteiger partial charge in [0, 0.05) is 25.6 Å². The molecule has 1 heterocycles. The molecule has 110 valence electrons. The lowest BCUT2D eigenvalue weighted by atomic mass is 9.83. The molecular formula is C16H23NO3. The zero-order valence-electron chi connectivity index (χ0n) is 12.4. The van der Waals surface area contributed by atoms with Crippen LogP contribution in [0.3, 0.4) is 0 Å². The van der Waals surface area contributed by atoms with Crippen molar-refractivity contribution in [3.05, 3.63) is 29.8 Å². The Balaban J connectivity index is 2.14. The first-order chi connectivity index (χ1) is 9.48. The fourth-order valence-electron chi connectivity index (χ4n) is 2.69. The average molecular weight is 277 g/mol. The molecule has 0 aliphatic carbocycles. The minimum atomic E-state index is -0.559. The van der Waals surface area contributed by atoms with Crippen LogP contribution in [0, 0.1) is 5.92 Å². The van der Waals surface area contributed by atoms with Gasteiger partial charge in [-0.1, -0.05) is 12.1 Å². The summed E-state index contributed by atoms with van der Waals surface area (Å²) in [5, 5.41) is 9.19. The second kappa shape index (κ2) is 5.83. The lowest BCUT2D eigenvalue weighted by molar-refractivity contribution is -0.135. The number of aliphatic hydroxyl groups excluding tert-OH is 1. The standard InChI is InChI=1S/C16H23NO3/c1-16(2,13-4-6-14(20-3)7-5-13)15(19)17-9-8-12(10-17)11-18/h4-7,12,18H,8-11H2,1-3H3. The summed E-state index contributed by atoms with van der Waals surface area (Å²) in [6, 6.07) is 7.64. The van der Waals surface area contributed by atoms with Gasteiger partial charge in [0.15, 0.2) is 0 Å². The van der Waals surface area contributed by atoms with Crippen molar-refractivity contribution >= 4 is 5.91 Å². The third-order valence-corrected chi connectivity index (χ3v) is 4.18. The van der Waals surface area contributed by atoms with Gasteiger partial charge in [0.25, 0.3) is 0 Å². The number of hydrogen-bond acceptors (Lipinski definition) is 3. The first-order valence-electron chi connectivity index (χ1n) is 7.03. The van der Waals surface area contributed by atoms with E-state index in [1.54, 1.807) is 7.11 Å². The molecule has 0 aromatic heterocycles. The molecule has 0 radical (unpaired) electrons. The maximum Gasteiger partial charge on any atom is 0.232 e. The normalized spacial score (nSPS) is 19.2. The van der Waals surface area contributed by atoms with E-state index in [0.717, 1.165) is 24.3 Å². The monoisotopic (exact) mass is 277 g/mol. The quantitative estimate of drug-likeness (QED) is 0.913. The maximum absolute atomic E-state index is 12.7. The number of ether oxygens (including phenoxy) is 1. The molecule has 1 saturated heterocycles. The van der Waals surface area contributed by atoms with Gasteiger partial charge in [-0.25, -0.2) is 0 Å². The molecule has 1 aromatic rings. The highest BCUT2D eigenvalue weighted by Gasteiger charge is 2.36. The highest BCUT2D eigenvalue weighted by molar-refractivity contribution is 5.87. The van der Waals surface area contributed by atoms with Gasteiger partial charge >= 0.3 is 0 Å². The number of carbonyl (C=O) groups is 1. The summed E-state index contributed by atoms with van der Waals surface area (Å²) in [7, 11) is 1.63. The van der Waals surface area contributed by atoms with Crippen molar-refractivity contribution in [1.29, 1.82) is 0 Å². The summed E-state index contributed by atoms with van der Waals surface area (Å²) in [6.07, 6.45) is 0.890. The van der Waals surface area contributed by atoms with Gasteiger partial charge in [0.1, 0.15) is 5.75 Å². The molecule has 20 heavy (non-hydrogen) atoms. The summed E-state index contributed by atoms with van der Waals surface area (Å²) < 4.78 is 5.15. The number of aliphatic hydroxyl groups is 1. The molecule has 0 saturated carbocycles. The Morgan fingerprint density at radius 2 is 2.05 bits per heavy atom. The molecule has 2 rings (SSSR count). The van der Waals surface area contributed by atoms with Crippen LogP contribution in [0.4, 0.5) is 0 Å². The van der Waals surface area contributed by atoms with Crippen molar-refractivity contribution in [3.8, 4) is 5.75 Å². The highest BCUT2D eigenvalue weighted by atomic mass is 16.5. The number of methoxy groups -OCH3 is 1. The second-order valence-corrected chi connectivity index (χ2v) is 5.94. The van der Waals surface area contributed by atoms with Crippen molar-refractivity contribution in [1.82, 2.24) is 4.90 Å². The molecule has 1 atom stereocenters. The van der Waals surface area contributed by atoms with Crippen molar-refractivity contribution in [2.45, 2.75) is 25.7 Å². The smallest absolute Gasteiger partial charge is 0.232 e. The van der Waals surface area contributed by atoms with Crippen molar-refractivity contribution in [2.75, 3.05) is 26.8 Å². The Kier molecular flexibility index (Phi) is 4.33. The fourth-order valence-corrected chi connectivity index (χ4v) is 2.69. The Hall–Kier alpha value is -1.55. The summed E-state index contributed by atoms with van der Waals surface area (Å²) in [5.41, 5.74) is 0.423. The van der Waals surface area contributed by atoms with E-state index in [-0.39, 0.29) is 18.4 Å². The van der Waals surface area contributed by atoms with Gasteiger partial charge in [-0.15, -0.1) is 0 Å². The first kappa shape index (κ1) is 14.9. The molecule has 1 amide bonds. The highest BCUT2D eigenvalue weighted by Crippen LogP contribution is 2.29. The van der Waals surface area contributed by atoms with E-state index >= 15 is 0 Å². The summed E-state index contributed by atoms with van der Waals surface area (Å²) in [4.78, 5) is 14.6. The minimum Gasteiger partial charge on any atom is -0.497 e. The molecule has 1 unspecified atom stereocenters. The summed E-state index contributed by atoms with van der Waals surface area (Å²) >= 11 is 0. The molecular weight excluding hydrogens is 254 g/mol. The number of hydrogen-bond donors (Lipinski definition) is 1. The van der Waals surface area contributed by atoms with E-state index in [0.29, 0.717) is 6.54 Å². The van der Waals surface area contributed by atoms with E-state index in [1.165, 1.54) is 0 Å². The van der Waals surface area contributed by atoms with Crippen LogP contribution < -0.4 is 4.74 Å². The van der Waals surface area contributed by atoms with Crippen molar-refractivity contribution in [2.24, 2.45) is 5.92 Å². The van der Waals surface area contributed by atoms with Crippen LogP contribution in [0.2, 0.25) is 0 Å². The van der Waals surface area contributed by atoms with Gasteiger partial charge in [-0.3, -0.25) is 4.79 Å². The minimum absolute atomic E-state index is 0.124. The van der Waals surface area contributed by atoms with E-state index in [1.807, 2.05) is 43.0 Å². The number of rotatable bonds is 4. The molecule has 1 aromatic carbocycles. The van der Waals surface area contributed by atoms with E-state index in [2.05, 4.69) is 0 Å². The van der Waals surface area contributed by atoms with Crippen molar-refractivity contribution < 1.29 is 14.6 Å². The molecule has 1 fully saturated rings. The molecule has 1 aliphatic heterocycles. The Morgan fingerprint density at radius 3 is 2.55 bits per heavy atom. The average Bonchev–Trinajstić information content (AvgIpc) is 2.95. The van der Waals surface area contributed by atoms with Crippen LogP contribution in [0.25, 0.3) is 0 Å². The van der Waals surface area contributed by atoms with Crippen LogP contribution in [-0.4, -0.2) is 42.7 Å². The van der Waals surface area contributed by atoms with Gasteiger partial charge < -0.3 is 14.7 Å². The molecule has 4 heteroatoms. The number of benzene rings is 1. The Bertz CT molecular complexity index is 467. The van der Waals surface area contributed by atoms with Crippen molar-refractivity contribution in [3.63, 3.8) is 0 Å². The molecule has 4 nitrogen and oxygen atoms in total. The topological polar surface area (TPSA) is 49.8 Å². The lowest BCUT2D eigenvalue weighted by Crippen LogP contribution is -2.42. The van der Waals surface area contributed by atoms with Crippen LogP contribution >= 0.6 is 0 Å². The number of nitrogens with zero attached hydrogens (tertiary/aromatic N) is 1. The van der Waals surface area contributed by atoms with E-state index in [9.17, 15) is 9.90 Å². The van der Waals surface area contributed by atoms with E-state index < -0.39 is 5.41 Å². The number of likely N-dealkylation sites (tertiary alicyclic amines) is 1. The number of amides is 1. The van der Waals surface area contributed by atoms with Gasteiger partial charge in [0.05, 0.1) is 12.5 Å². The number of carbonyl (C=O) groups excluding carboxylic acids is 1. The predicted molar refractivity (Wildman–Crippen MR) is 77.8 cm³/mol. The largest absolute Gasteiger partial charge is 0.497 e. The molecule has 0 spiro atoms.